The lowest BCUT2D eigenvalue weighted by Gasteiger charge is -2.27. The van der Waals surface area contributed by atoms with Gasteiger partial charge in [-0.1, -0.05) is 12.1 Å². The van der Waals surface area contributed by atoms with Gasteiger partial charge < -0.3 is 20.3 Å². The Hall–Kier alpha value is -3.61. The molecule has 0 bridgehead atoms. The first-order valence-corrected chi connectivity index (χ1v) is 10.1. The molecular formula is C21H18F6N6O. The highest BCUT2D eigenvalue weighted by molar-refractivity contribution is 5.60. The summed E-state index contributed by atoms with van der Waals surface area (Å²) in [5.74, 6) is 0.0397. The van der Waals surface area contributed by atoms with Crippen molar-refractivity contribution in [1.29, 1.82) is 0 Å². The van der Waals surface area contributed by atoms with Crippen LogP contribution in [0.1, 0.15) is 11.1 Å². The van der Waals surface area contributed by atoms with Crippen LogP contribution in [0.25, 0.3) is 0 Å². The van der Waals surface area contributed by atoms with Crippen LogP contribution in [0, 0.1) is 0 Å². The molecule has 1 aliphatic rings. The van der Waals surface area contributed by atoms with Crippen molar-refractivity contribution in [3.05, 3.63) is 59.7 Å². The number of ether oxygens (including phenoxy) is 1. The fourth-order valence-corrected chi connectivity index (χ4v) is 3.19. The smallest absolute Gasteiger partial charge is 0.378 e. The topological polar surface area (TPSA) is 75.2 Å². The molecule has 0 radical (unpaired) electrons. The van der Waals surface area contributed by atoms with Gasteiger partial charge in [-0.15, -0.1) is 0 Å². The number of aromatic nitrogens is 3. The minimum Gasteiger partial charge on any atom is -0.378 e. The molecule has 1 aromatic heterocycles. The molecule has 2 heterocycles. The lowest BCUT2D eigenvalue weighted by atomic mass is 10.2. The first kappa shape index (κ1) is 23.5. The summed E-state index contributed by atoms with van der Waals surface area (Å²) in [6.07, 6.45) is -9.07. The van der Waals surface area contributed by atoms with Crippen molar-refractivity contribution in [3.8, 4) is 0 Å². The molecule has 0 aliphatic carbocycles. The highest BCUT2D eigenvalue weighted by atomic mass is 19.4. The average molecular weight is 484 g/mol. The normalized spacial score (nSPS) is 14.7. The third kappa shape index (κ3) is 5.84. The molecule has 1 aliphatic heterocycles. The molecule has 13 heteroatoms. The Balaban J connectivity index is 1.66. The highest BCUT2D eigenvalue weighted by Gasteiger charge is 2.31. The minimum absolute atomic E-state index is 0.0784. The number of hydrogen-bond acceptors (Lipinski definition) is 7. The Bertz CT molecular complexity index is 1070. The molecule has 34 heavy (non-hydrogen) atoms. The summed E-state index contributed by atoms with van der Waals surface area (Å²) in [6, 6.07) is 8.95. The van der Waals surface area contributed by atoms with Crippen molar-refractivity contribution in [2.75, 3.05) is 41.8 Å². The molecule has 0 unspecified atom stereocenters. The zero-order valence-electron chi connectivity index (χ0n) is 17.4. The number of anilines is 5. The van der Waals surface area contributed by atoms with Crippen molar-refractivity contribution in [3.63, 3.8) is 0 Å². The minimum atomic E-state index is -4.54. The second-order valence-corrected chi connectivity index (χ2v) is 7.29. The van der Waals surface area contributed by atoms with Gasteiger partial charge in [0.15, 0.2) is 0 Å². The van der Waals surface area contributed by atoms with E-state index in [1.165, 1.54) is 24.3 Å². The number of morpholine rings is 1. The average Bonchev–Trinajstić information content (AvgIpc) is 2.79. The molecule has 1 saturated heterocycles. The van der Waals surface area contributed by atoms with Crippen molar-refractivity contribution in [2.24, 2.45) is 0 Å². The predicted octanol–water partition coefficient (Wildman–Crippen LogP) is 5.23. The number of halogens is 6. The lowest BCUT2D eigenvalue weighted by Crippen LogP contribution is -2.37. The van der Waals surface area contributed by atoms with E-state index in [-0.39, 0.29) is 29.2 Å². The van der Waals surface area contributed by atoms with E-state index in [1.54, 1.807) is 4.90 Å². The van der Waals surface area contributed by atoms with Gasteiger partial charge in [0.25, 0.3) is 0 Å². The molecule has 4 rings (SSSR count). The maximum Gasteiger partial charge on any atom is 0.416 e. The third-order valence-corrected chi connectivity index (χ3v) is 4.81. The first-order chi connectivity index (χ1) is 16.1. The predicted molar refractivity (Wildman–Crippen MR) is 112 cm³/mol. The summed E-state index contributed by atoms with van der Waals surface area (Å²) in [5.41, 5.74) is -1.55. The summed E-state index contributed by atoms with van der Waals surface area (Å²) in [6.45, 7) is 1.74. The van der Waals surface area contributed by atoms with E-state index in [9.17, 15) is 26.3 Å². The Labute approximate surface area is 189 Å². The van der Waals surface area contributed by atoms with Crippen molar-refractivity contribution in [2.45, 2.75) is 12.4 Å². The highest BCUT2D eigenvalue weighted by Crippen LogP contribution is 2.33. The molecule has 2 aromatic carbocycles. The van der Waals surface area contributed by atoms with Crippen LogP contribution in [0.5, 0.6) is 0 Å². The SMILES string of the molecule is FC(F)(F)c1cccc(Nc2nc(Nc3cccc(C(F)(F)F)c3)nc(N3CCOCC3)n2)c1. The molecule has 0 amide bonds. The summed E-state index contributed by atoms with van der Waals surface area (Å²) < 4.78 is 83.7. The van der Waals surface area contributed by atoms with Crippen LogP contribution in [0.2, 0.25) is 0 Å². The van der Waals surface area contributed by atoms with E-state index in [2.05, 4.69) is 25.6 Å². The summed E-state index contributed by atoms with van der Waals surface area (Å²) >= 11 is 0. The van der Waals surface area contributed by atoms with E-state index >= 15 is 0 Å². The van der Waals surface area contributed by atoms with Crippen LogP contribution < -0.4 is 15.5 Å². The van der Waals surface area contributed by atoms with Gasteiger partial charge in [-0.3, -0.25) is 0 Å². The Morgan fingerprint density at radius 2 is 1.18 bits per heavy atom. The second-order valence-electron chi connectivity index (χ2n) is 7.29. The number of benzene rings is 2. The molecule has 3 aromatic rings. The molecule has 0 atom stereocenters. The summed E-state index contributed by atoms with van der Waals surface area (Å²) in [5, 5.41) is 5.44. The van der Waals surface area contributed by atoms with Crippen LogP contribution in [0.15, 0.2) is 48.5 Å². The zero-order valence-corrected chi connectivity index (χ0v) is 17.4. The molecule has 2 N–H and O–H groups in total. The Morgan fingerprint density at radius 1 is 0.706 bits per heavy atom. The first-order valence-electron chi connectivity index (χ1n) is 10.1. The maximum absolute atomic E-state index is 13.1. The van der Waals surface area contributed by atoms with E-state index in [0.717, 1.165) is 24.3 Å². The molecule has 7 nitrogen and oxygen atoms in total. The maximum atomic E-state index is 13.1. The number of nitrogens with one attached hydrogen (secondary N) is 2. The van der Waals surface area contributed by atoms with Crippen molar-refractivity contribution < 1.29 is 31.1 Å². The molecule has 0 spiro atoms. The number of rotatable bonds is 5. The molecule has 1 fully saturated rings. The fraction of sp³-hybridized carbons (Fsp3) is 0.286. The van der Waals surface area contributed by atoms with Gasteiger partial charge in [-0.05, 0) is 36.4 Å². The van der Waals surface area contributed by atoms with Crippen molar-refractivity contribution in [1.82, 2.24) is 15.0 Å². The van der Waals surface area contributed by atoms with Crippen LogP contribution in [-0.4, -0.2) is 41.3 Å². The van der Waals surface area contributed by atoms with Gasteiger partial charge in [-0.2, -0.15) is 41.3 Å². The largest absolute Gasteiger partial charge is 0.416 e. The molecule has 0 saturated carbocycles. The van der Waals surface area contributed by atoms with E-state index < -0.39 is 23.5 Å². The third-order valence-electron chi connectivity index (χ3n) is 4.81. The van der Waals surface area contributed by atoms with Crippen molar-refractivity contribution >= 4 is 29.2 Å². The molecular weight excluding hydrogens is 466 g/mol. The lowest BCUT2D eigenvalue weighted by molar-refractivity contribution is -0.138. The van der Waals surface area contributed by atoms with Crippen LogP contribution in [0.4, 0.5) is 55.6 Å². The van der Waals surface area contributed by atoms with Gasteiger partial charge in [0.1, 0.15) is 0 Å². The van der Waals surface area contributed by atoms with E-state index in [1.807, 2.05) is 0 Å². The van der Waals surface area contributed by atoms with Crippen LogP contribution in [0.3, 0.4) is 0 Å². The zero-order chi connectivity index (χ0) is 24.3. The molecule has 180 valence electrons. The van der Waals surface area contributed by atoms with Gasteiger partial charge in [0.2, 0.25) is 17.8 Å². The Morgan fingerprint density at radius 3 is 1.62 bits per heavy atom. The quantitative estimate of drug-likeness (QED) is 0.480. The number of alkyl halides is 6. The number of nitrogens with zero attached hydrogens (tertiary/aromatic N) is 4. The monoisotopic (exact) mass is 484 g/mol. The van der Waals surface area contributed by atoms with Gasteiger partial charge in [0.05, 0.1) is 24.3 Å². The van der Waals surface area contributed by atoms with Gasteiger partial charge in [0, 0.05) is 24.5 Å². The standard InChI is InChI=1S/C21H18F6N6O/c22-20(23,24)13-3-1-5-15(11-13)28-17-30-18(32-19(31-17)33-7-9-34-10-8-33)29-16-6-2-4-14(12-16)21(25,26)27/h1-6,11-12H,7-10H2,(H2,28,29,30,31,32). The fourth-order valence-electron chi connectivity index (χ4n) is 3.19. The summed E-state index contributed by atoms with van der Waals surface area (Å²) in [7, 11) is 0. The van der Waals surface area contributed by atoms with Crippen LogP contribution >= 0.6 is 0 Å². The summed E-state index contributed by atoms with van der Waals surface area (Å²) in [4.78, 5) is 14.5. The van der Waals surface area contributed by atoms with Gasteiger partial charge >= 0.3 is 12.4 Å². The van der Waals surface area contributed by atoms with E-state index in [4.69, 9.17) is 4.74 Å². The van der Waals surface area contributed by atoms with Crippen LogP contribution in [-0.2, 0) is 17.1 Å². The second kappa shape index (κ2) is 9.33. The Kier molecular flexibility index (Phi) is 6.46. The number of hydrogen-bond donors (Lipinski definition) is 2. The van der Waals surface area contributed by atoms with Gasteiger partial charge in [-0.25, -0.2) is 0 Å². The van der Waals surface area contributed by atoms with E-state index in [0.29, 0.717) is 26.3 Å².